The first kappa shape index (κ1) is 24.0. The van der Waals surface area contributed by atoms with Crippen LogP contribution in [0.3, 0.4) is 0 Å². The van der Waals surface area contributed by atoms with E-state index in [0.717, 1.165) is 43.8 Å². The highest BCUT2D eigenvalue weighted by Gasteiger charge is 2.26. The summed E-state index contributed by atoms with van der Waals surface area (Å²) in [4.78, 5) is 29.7. The van der Waals surface area contributed by atoms with Crippen molar-refractivity contribution < 1.29 is 19.1 Å². The number of carbonyl (C=O) groups excluding carboxylic acids is 2. The Balaban J connectivity index is 1.42. The van der Waals surface area contributed by atoms with E-state index in [1.54, 1.807) is 24.3 Å². The summed E-state index contributed by atoms with van der Waals surface area (Å²) in [6, 6.07) is 13.5. The van der Waals surface area contributed by atoms with Crippen molar-refractivity contribution in [1.82, 2.24) is 10.2 Å². The molecule has 0 bridgehead atoms. The molecule has 0 radical (unpaired) electrons. The van der Waals surface area contributed by atoms with E-state index in [2.05, 4.69) is 45.7 Å². The maximum absolute atomic E-state index is 12.6. The number of hydrogen-bond acceptors (Lipinski definition) is 6. The fourth-order valence-electron chi connectivity index (χ4n) is 4.62. The van der Waals surface area contributed by atoms with Crippen LogP contribution >= 0.6 is 0 Å². The van der Waals surface area contributed by atoms with Gasteiger partial charge < -0.3 is 25.0 Å². The zero-order valence-corrected chi connectivity index (χ0v) is 20.0. The highest BCUT2D eigenvalue weighted by Crippen LogP contribution is 2.31. The molecule has 1 fully saturated rings. The summed E-state index contributed by atoms with van der Waals surface area (Å²) < 4.78 is 10.9. The van der Waals surface area contributed by atoms with Gasteiger partial charge in [-0.05, 0) is 61.2 Å². The molecule has 8 heteroatoms. The van der Waals surface area contributed by atoms with Gasteiger partial charge >= 0.3 is 11.8 Å². The summed E-state index contributed by atoms with van der Waals surface area (Å²) in [7, 11) is 2.13. The van der Waals surface area contributed by atoms with E-state index in [4.69, 9.17) is 9.47 Å². The predicted octanol–water partition coefficient (Wildman–Crippen LogP) is 2.60. The average Bonchev–Trinajstić information content (AvgIpc) is 2.86. The van der Waals surface area contributed by atoms with Crippen LogP contribution in [0.4, 0.5) is 11.4 Å². The summed E-state index contributed by atoms with van der Waals surface area (Å²) in [5, 5.41) is 5.50. The van der Waals surface area contributed by atoms with E-state index < -0.39 is 11.8 Å². The van der Waals surface area contributed by atoms with Crippen LogP contribution in [0.1, 0.15) is 30.5 Å². The number of rotatable bonds is 7. The highest BCUT2D eigenvalue weighted by molar-refractivity contribution is 6.39. The number of ether oxygens (including phenoxy) is 2. The van der Waals surface area contributed by atoms with Crippen molar-refractivity contribution in [2.45, 2.75) is 25.8 Å². The summed E-state index contributed by atoms with van der Waals surface area (Å²) in [6.07, 6.45) is 2.19. The summed E-state index contributed by atoms with van der Waals surface area (Å²) in [5.74, 6) is -0.615. The van der Waals surface area contributed by atoms with Crippen LogP contribution in [-0.4, -0.2) is 69.8 Å². The second-order valence-electron chi connectivity index (χ2n) is 8.70. The van der Waals surface area contributed by atoms with Crippen molar-refractivity contribution in [2.24, 2.45) is 0 Å². The van der Waals surface area contributed by atoms with Crippen molar-refractivity contribution >= 4 is 23.2 Å². The highest BCUT2D eigenvalue weighted by atomic mass is 16.5. The van der Waals surface area contributed by atoms with Crippen molar-refractivity contribution in [3.05, 3.63) is 53.6 Å². The van der Waals surface area contributed by atoms with Crippen molar-refractivity contribution in [3.8, 4) is 5.75 Å². The average molecular weight is 467 g/mol. The number of carbonyl (C=O) groups is 2. The van der Waals surface area contributed by atoms with Crippen LogP contribution in [-0.2, 0) is 20.7 Å². The van der Waals surface area contributed by atoms with Crippen molar-refractivity contribution in [1.29, 1.82) is 0 Å². The SMILES string of the molecule is CCOc1ccc(NC(=O)C(=O)NC[C@@H](c2ccc3c(c2)CCCN3C)N2CCOCC2)cc1. The largest absolute Gasteiger partial charge is 0.494 e. The van der Waals surface area contributed by atoms with E-state index in [0.29, 0.717) is 32.1 Å². The Morgan fingerprint density at radius 3 is 2.56 bits per heavy atom. The summed E-state index contributed by atoms with van der Waals surface area (Å²) in [6.45, 7) is 6.80. The number of morpholine rings is 1. The lowest BCUT2D eigenvalue weighted by Gasteiger charge is -2.36. The van der Waals surface area contributed by atoms with Crippen LogP contribution in [0.5, 0.6) is 5.75 Å². The number of nitrogens with one attached hydrogen (secondary N) is 2. The minimum absolute atomic E-state index is 0.0244. The van der Waals surface area contributed by atoms with Gasteiger partial charge in [0.15, 0.2) is 0 Å². The van der Waals surface area contributed by atoms with Gasteiger partial charge in [-0.2, -0.15) is 0 Å². The molecule has 1 atom stereocenters. The van der Waals surface area contributed by atoms with Gasteiger partial charge in [-0.25, -0.2) is 0 Å². The number of anilines is 2. The molecule has 2 N–H and O–H groups in total. The first-order valence-corrected chi connectivity index (χ1v) is 12.0. The lowest BCUT2D eigenvalue weighted by Crippen LogP contribution is -2.45. The Morgan fingerprint density at radius 1 is 1.06 bits per heavy atom. The fourth-order valence-corrected chi connectivity index (χ4v) is 4.62. The molecule has 2 aliphatic rings. The van der Waals surface area contributed by atoms with Gasteiger partial charge in [0.2, 0.25) is 0 Å². The molecular formula is C26H34N4O4. The molecule has 1 saturated heterocycles. The number of amides is 2. The number of aryl methyl sites for hydroxylation is 1. The lowest BCUT2D eigenvalue weighted by atomic mass is 9.95. The molecule has 0 aliphatic carbocycles. The van der Waals surface area contributed by atoms with Crippen molar-refractivity contribution in [3.63, 3.8) is 0 Å². The van der Waals surface area contributed by atoms with Gasteiger partial charge in [0.05, 0.1) is 25.9 Å². The third-order valence-electron chi connectivity index (χ3n) is 6.41. The van der Waals surface area contributed by atoms with Gasteiger partial charge in [-0.15, -0.1) is 0 Å². The number of benzene rings is 2. The smallest absolute Gasteiger partial charge is 0.313 e. The molecule has 34 heavy (non-hydrogen) atoms. The minimum atomic E-state index is -0.683. The van der Waals surface area contributed by atoms with E-state index in [1.165, 1.54) is 11.3 Å². The van der Waals surface area contributed by atoms with Gasteiger partial charge in [-0.3, -0.25) is 14.5 Å². The van der Waals surface area contributed by atoms with Gasteiger partial charge in [0.1, 0.15) is 5.75 Å². The molecule has 2 heterocycles. The number of fused-ring (bicyclic) bond motifs is 1. The molecule has 2 aliphatic heterocycles. The van der Waals surface area contributed by atoms with Crippen LogP contribution in [0.15, 0.2) is 42.5 Å². The molecule has 0 aromatic heterocycles. The summed E-state index contributed by atoms with van der Waals surface area (Å²) in [5.41, 5.74) is 4.31. The molecule has 8 nitrogen and oxygen atoms in total. The van der Waals surface area contributed by atoms with E-state index >= 15 is 0 Å². The zero-order valence-electron chi connectivity index (χ0n) is 20.0. The second-order valence-corrected chi connectivity index (χ2v) is 8.70. The Bertz CT molecular complexity index is 989. The van der Waals surface area contributed by atoms with Crippen molar-refractivity contribution in [2.75, 3.05) is 63.3 Å². The quantitative estimate of drug-likeness (QED) is 0.611. The maximum atomic E-state index is 12.6. The molecule has 182 valence electrons. The Hall–Kier alpha value is -3.10. The Morgan fingerprint density at radius 2 is 1.82 bits per heavy atom. The van der Waals surface area contributed by atoms with Gasteiger partial charge in [0, 0.05) is 44.6 Å². The molecule has 2 aromatic carbocycles. The van der Waals surface area contributed by atoms with E-state index in [9.17, 15) is 9.59 Å². The molecule has 0 unspecified atom stereocenters. The van der Waals surface area contributed by atoms with Crippen LogP contribution in [0.2, 0.25) is 0 Å². The van der Waals surface area contributed by atoms with Crippen LogP contribution < -0.4 is 20.3 Å². The van der Waals surface area contributed by atoms with Crippen LogP contribution in [0.25, 0.3) is 0 Å². The Labute approximate surface area is 201 Å². The monoisotopic (exact) mass is 466 g/mol. The third kappa shape index (κ3) is 5.87. The minimum Gasteiger partial charge on any atom is -0.494 e. The van der Waals surface area contributed by atoms with Gasteiger partial charge in [0.25, 0.3) is 0 Å². The number of nitrogens with zero attached hydrogens (tertiary/aromatic N) is 2. The van der Waals surface area contributed by atoms with E-state index in [-0.39, 0.29) is 6.04 Å². The predicted molar refractivity (Wildman–Crippen MR) is 132 cm³/mol. The molecule has 4 rings (SSSR count). The topological polar surface area (TPSA) is 83.1 Å². The maximum Gasteiger partial charge on any atom is 0.313 e. The third-order valence-corrected chi connectivity index (χ3v) is 6.41. The summed E-state index contributed by atoms with van der Waals surface area (Å²) >= 11 is 0. The fraction of sp³-hybridized carbons (Fsp3) is 0.462. The Kier molecular flexibility index (Phi) is 8.03. The first-order valence-electron chi connectivity index (χ1n) is 12.0. The standard InChI is InChI=1S/C26H34N4O4/c1-3-34-22-9-7-21(8-10-22)28-26(32)25(31)27-18-24(30-13-15-33-16-14-30)20-6-11-23-19(17-20)5-4-12-29(23)2/h6-11,17,24H,3-5,12-16,18H2,1-2H3,(H,27,31)(H,28,32)/t24-/m0/s1. The number of hydrogen-bond donors (Lipinski definition) is 2. The molecular weight excluding hydrogens is 432 g/mol. The normalized spacial score (nSPS) is 16.9. The van der Waals surface area contributed by atoms with Crippen LogP contribution in [0, 0.1) is 0 Å². The zero-order chi connectivity index (χ0) is 23.9. The molecule has 0 spiro atoms. The lowest BCUT2D eigenvalue weighted by molar-refractivity contribution is -0.136. The molecule has 0 saturated carbocycles. The second kappa shape index (κ2) is 11.4. The van der Waals surface area contributed by atoms with E-state index in [1.807, 2.05) is 6.92 Å². The van der Waals surface area contributed by atoms with Gasteiger partial charge in [-0.1, -0.05) is 12.1 Å². The molecule has 2 aromatic rings. The molecule has 2 amide bonds. The first-order chi connectivity index (χ1) is 16.5.